The minimum atomic E-state index is -0.245. The molecule has 1 aliphatic rings. The lowest BCUT2D eigenvalue weighted by Crippen LogP contribution is -2.42. The van der Waals surface area contributed by atoms with Gasteiger partial charge in [-0.15, -0.1) is 0 Å². The van der Waals surface area contributed by atoms with Crippen LogP contribution in [0.4, 0.5) is 10.1 Å². The van der Waals surface area contributed by atoms with E-state index in [-0.39, 0.29) is 17.5 Å². The highest BCUT2D eigenvalue weighted by Gasteiger charge is 2.31. The molecule has 1 saturated heterocycles. The smallest absolute Gasteiger partial charge is 0.146 e. The van der Waals surface area contributed by atoms with Gasteiger partial charge in [0, 0.05) is 18.7 Å². The molecule has 1 aromatic carbocycles. The highest BCUT2D eigenvalue weighted by Crippen LogP contribution is 2.31. The van der Waals surface area contributed by atoms with Crippen LogP contribution in [0.3, 0.4) is 0 Å². The van der Waals surface area contributed by atoms with Crippen molar-refractivity contribution in [1.82, 2.24) is 0 Å². The lowest BCUT2D eigenvalue weighted by Gasteiger charge is -2.38. The van der Waals surface area contributed by atoms with Crippen LogP contribution in [0.2, 0.25) is 0 Å². The Morgan fingerprint density at radius 1 is 1.53 bits per heavy atom. The van der Waals surface area contributed by atoms with E-state index in [1.807, 2.05) is 0 Å². The molecule has 0 aromatic heterocycles. The molecule has 0 radical (unpaired) electrons. The van der Waals surface area contributed by atoms with E-state index in [2.05, 4.69) is 19.2 Å². The van der Waals surface area contributed by atoms with E-state index >= 15 is 0 Å². The molecule has 106 valence electrons. The quantitative estimate of drug-likeness (QED) is 0.904. The van der Waals surface area contributed by atoms with Crippen molar-refractivity contribution in [2.75, 3.05) is 19.0 Å². The van der Waals surface area contributed by atoms with Gasteiger partial charge in [-0.1, -0.05) is 6.92 Å². The van der Waals surface area contributed by atoms with E-state index in [1.54, 1.807) is 19.2 Å². The van der Waals surface area contributed by atoms with Crippen LogP contribution >= 0.6 is 0 Å². The molecule has 19 heavy (non-hydrogen) atoms. The van der Waals surface area contributed by atoms with E-state index in [0.29, 0.717) is 18.0 Å². The van der Waals surface area contributed by atoms with Crippen molar-refractivity contribution in [2.24, 2.45) is 0 Å². The van der Waals surface area contributed by atoms with E-state index in [9.17, 15) is 4.39 Å². The summed E-state index contributed by atoms with van der Waals surface area (Å²) in [5.74, 6) is 0.416. The Balaban J connectivity index is 2.08. The topological polar surface area (TPSA) is 30.5 Å². The molecule has 0 saturated carbocycles. The van der Waals surface area contributed by atoms with Gasteiger partial charge < -0.3 is 14.8 Å². The fraction of sp³-hybridized carbons (Fsp3) is 0.600. The van der Waals surface area contributed by atoms with Crippen molar-refractivity contribution in [3.05, 3.63) is 24.0 Å². The van der Waals surface area contributed by atoms with E-state index in [4.69, 9.17) is 9.47 Å². The second-order valence-corrected chi connectivity index (χ2v) is 5.33. The Morgan fingerprint density at radius 2 is 2.32 bits per heavy atom. The van der Waals surface area contributed by atoms with E-state index in [0.717, 1.165) is 19.3 Å². The van der Waals surface area contributed by atoms with Crippen LogP contribution in [0.5, 0.6) is 5.75 Å². The van der Waals surface area contributed by atoms with Crippen molar-refractivity contribution >= 4 is 5.69 Å². The van der Waals surface area contributed by atoms with Crippen LogP contribution in [0.15, 0.2) is 18.2 Å². The largest absolute Gasteiger partial charge is 0.497 e. The van der Waals surface area contributed by atoms with Gasteiger partial charge in [0.15, 0.2) is 0 Å². The molecule has 1 aromatic rings. The third kappa shape index (κ3) is 3.38. The molecule has 0 bridgehead atoms. The highest BCUT2D eigenvalue weighted by atomic mass is 19.1. The average molecular weight is 267 g/mol. The van der Waals surface area contributed by atoms with Gasteiger partial charge in [-0.2, -0.15) is 0 Å². The molecule has 3 nitrogen and oxygen atoms in total. The fourth-order valence-corrected chi connectivity index (χ4v) is 2.46. The second-order valence-electron chi connectivity index (χ2n) is 5.33. The Bertz CT molecular complexity index is 438. The van der Waals surface area contributed by atoms with Crippen molar-refractivity contribution in [1.29, 1.82) is 0 Å². The van der Waals surface area contributed by atoms with Gasteiger partial charge >= 0.3 is 0 Å². The van der Waals surface area contributed by atoms with Crippen LogP contribution in [0.1, 0.15) is 33.1 Å². The third-order valence-electron chi connectivity index (χ3n) is 3.88. The lowest BCUT2D eigenvalue weighted by molar-refractivity contribution is -0.0709. The summed E-state index contributed by atoms with van der Waals surface area (Å²) in [7, 11) is 1.58. The number of ether oxygens (including phenoxy) is 2. The average Bonchev–Trinajstić information content (AvgIpc) is 2.41. The van der Waals surface area contributed by atoms with Gasteiger partial charge in [0.2, 0.25) is 0 Å². The van der Waals surface area contributed by atoms with Crippen molar-refractivity contribution < 1.29 is 13.9 Å². The van der Waals surface area contributed by atoms with Crippen LogP contribution in [0.25, 0.3) is 0 Å². The minimum Gasteiger partial charge on any atom is -0.497 e. The minimum absolute atomic E-state index is 0.106. The van der Waals surface area contributed by atoms with Gasteiger partial charge in [0.25, 0.3) is 0 Å². The van der Waals surface area contributed by atoms with Crippen molar-refractivity contribution in [3.63, 3.8) is 0 Å². The van der Waals surface area contributed by atoms with Crippen molar-refractivity contribution in [2.45, 2.75) is 44.8 Å². The maximum absolute atomic E-state index is 13.8. The van der Waals surface area contributed by atoms with Gasteiger partial charge in [-0.25, -0.2) is 4.39 Å². The highest BCUT2D eigenvalue weighted by molar-refractivity contribution is 5.50. The van der Waals surface area contributed by atoms with E-state index < -0.39 is 0 Å². The summed E-state index contributed by atoms with van der Waals surface area (Å²) >= 11 is 0. The first-order valence-electron chi connectivity index (χ1n) is 6.80. The molecular weight excluding hydrogens is 245 g/mol. The molecule has 2 rings (SSSR count). The van der Waals surface area contributed by atoms with Crippen LogP contribution in [0, 0.1) is 5.82 Å². The predicted octanol–water partition coefficient (Wildman–Crippen LogP) is 3.59. The molecule has 2 unspecified atom stereocenters. The first-order valence-corrected chi connectivity index (χ1v) is 6.80. The first kappa shape index (κ1) is 14.1. The van der Waals surface area contributed by atoms with Gasteiger partial charge in [0.05, 0.1) is 18.4 Å². The SMILES string of the molecule is CCC1(C)CC(Nc2cc(OC)ccc2F)CCO1. The number of methoxy groups -OCH3 is 1. The third-order valence-corrected chi connectivity index (χ3v) is 3.88. The monoisotopic (exact) mass is 267 g/mol. The predicted molar refractivity (Wildman–Crippen MR) is 74.2 cm³/mol. The Labute approximate surface area is 114 Å². The summed E-state index contributed by atoms with van der Waals surface area (Å²) in [4.78, 5) is 0. The summed E-state index contributed by atoms with van der Waals surface area (Å²) < 4.78 is 24.7. The number of halogens is 1. The summed E-state index contributed by atoms with van der Waals surface area (Å²) in [6.45, 7) is 4.95. The number of rotatable bonds is 4. The summed E-state index contributed by atoms with van der Waals surface area (Å²) in [6, 6.07) is 4.99. The molecule has 4 heteroatoms. The number of benzene rings is 1. The molecular formula is C15H22FNO2. The standard InChI is InChI=1S/C15H22FNO2/c1-4-15(2)10-11(7-8-19-15)17-14-9-12(18-3)5-6-13(14)16/h5-6,9,11,17H,4,7-8,10H2,1-3H3. The summed E-state index contributed by atoms with van der Waals surface area (Å²) in [6.07, 6.45) is 2.75. The number of nitrogens with one attached hydrogen (secondary N) is 1. The van der Waals surface area contributed by atoms with Crippen LogP contribution in [-0.4, -0.2) is 25.4 Å². The summed E-state index contributed by atoms with van der Waals surface area (Å²) in [5.41, 5.74) is 0.398. The summed E-state index contributed by atoms with van der Waals surface area (Å²) in [5, 5.41) is 3.28. The molecule has 1 N–H and O–H groups in total. The van der Waals surface area contributed by atoms with Crippen molar-refractivity contribution in [3.8, 4) is 5.75 Å². The number of anilines is 1. The molecule has 1 fully saturated rings. The second kappa shape index (κ2) is 5.78. The number of hydrogen-bond donors (Lipinski definition) is 1. The van der Waals surface area contributed by atoms with Gasteiger partial charge in [-0.05, 0) is 38.3 Å². The number of hydrogen-bond acceptors (Lipinski definition) is 3. The van der Waals surface area contributed by atoms with Gasteiger partial charge in [-0.3, -0.25) is 0 Å². The molecule has 0 aliphatic carbocycles. The fourth-order valence-electron chi connectivity index (χ4n) is 2.46. The Kier molecular flexibility index (Phi) is 4.30. The molecule has 0 amide bonds. The zero-order valence-electron chi connectivity index (χ0n) is 11.8. The maximum atomic E-state index is 13.8. The normalized spacial score (nSPS) is 27.1. The Morgan fingerprint density at radius 3 is 3.00 bits per heavy atom. The van der Waals surface area contributed by atoms with Crippen LogP contribution < -0.4 is 10.1 Å². The van der Waals surface area contributed by atoms with Crippen LogP contribution in [-0.2, 0) is 4.74 Å². The van der Waals surface area contributed by atoms with Gasteiger partial charge in [0.1, 0.15) is 11.6 Å². The van der Waals surface area contributed by atoms with E-state index in [1.165, 1.54) is 6.07 Å². The lowest BCUT2D eigenvalue weighted by atomic mass is 9.90. The molecule has 0 spiro atoms. The zero-order chi connectivity index (χ0) is 13.9. The molecule has 1 aliphatic heterocycles. The zero-order valence-corrected chi connectivity index (χ0v) is 11.8. The molecule has 1 heterocycles. The maximum Gasteiger partial charge on any atom is 0.146 e. The first-order chi connectivity index (χ1) is 9.06. The Hall–Kier alpha value is -1.29. The molecule has 2 atom stereocenters.